The van der Waals surface area contributed by atoms with Gasteiger partial charge >= 0.3 is 0 Å². The van der Waals surface area contributed by atoms with Crippen LogP contribution in [-0.2, 0) is 6.54 Å². The molecule has 0 aliphatic heterocycles. The van der Waals surface area contributed by atoms with Gasteiger partial charge in [-0.25, -0.2) is 0 Å². The fourth-order valence-electron chi connectivity index (χ4n) is 3.43. The summed E-state index contributed by atoms with van der Waals surface area (Å²) in [4.78, 5) is 25.1. The third-order valence-corrected chi connectivity index (χ3v) is 4.98. The van der Waals surface area contributed by atoms with Gasteiger partial charge in [-0.15, -0.1) is 0 Å². The Morgan fingerprint density at radius 3 is 2.83 bits per heavy atom. The number of pyridine rings is 1. The van der Waals surface area contributed by atoms with E-state index < -0.39 is 0 Å². The minimum atomic E-state index is -0.256. The summed E-state index contributed by atoms with van der Waals surface area (Å²) in [5.74, 6) is -0.256. The van der Waals surface area contributed by atoms with Crippen LogP contribution in [0.5, 0.6) is 0 Å². The number of aliphatic hydroxyl groups excluding tert-OH is 1. The SMILES string of the molecule is Cc1nocc1-c1ccc2c(=O)n(Cc3cccc(C(=O)NCCO)c3)ccc2c1. The van der Waals surface area contributed by atoms with Crippen molar-refractivity contribution < 1.29 is 14.4 Å². The van der Waals surface area contributed by atoms with E-state index in [-0.39, 0.29) is 24.6 Å². The van der Waals surface area contributed by atoms with Gasteiger partial charge in [-0.05, 0) is 53.8 Å². The molecule has 0 saturated carbocycles. The van der Waals surface area contributed by atoms with Gasteiger partial charge in [0.25, 0.3) is 11.5 Å². The minimum Gasteiger partial charge on any atom is -0.395 e. The van der Waals surface area contributed by atoms with Crippen molar-refractivity contribution in [1.82, 2.24) is 15.0 Å². The molecule has 4 aromatic rings. The molecule has 0 fully saturated rings. The molecule has 0 bridgehead atoms. The Hall–Kier alpha value is -3.71. The summed E-state index contributed by atoms with van der Waals surface area (Å²) < 4.78 is 6.63. The largest absolute Gasteiger partial charge is 0.395 e. The Kier molecular flexibility index (Phi) is 5.45. The lowest BCUT2D eigenvalue weighted by Crippen LogP contribution is -2.26. The second-order valence-corrected chi connectivity index (χ2v) is 7.04. The average molecular weight is 403 g/mol. The maximum atomic E-state index is 13.0. The van der Waals surface area contributed by atoms with Gasteiger partial charge in [0.05, 0.1) is 18.8 Å². The van der Waals surface area contributed by atoms with Gasteiger partial charge in [-0.1, -0.05) is 23.4 Å². The molecule has 0 radical (unpaired) electrons. The molecular formula is C23H21N3O4. The first kappa shape index (κ1) is 19.6. The highest BCUT2D eigenvalue weighted by Crippen LogP contribution is 2.25. The molecule has 0 unspecified atom stereocenters. The van der Waals surface area contributed by atoms with E-state index in [0.29, 0.717) is 17.5 Å². The van der Waals surface area contributed by atoms with E-state index in [2.05, 4.69) is 10.5 Å². The van der Waals surface area contributed by atoms with Crippen molar-refractivity contribution in [3.05, 3.63) is 88.2 Å². The molecule has 0 aliphatic carbocycles. The number of nitrogens with zero attached hydrogens (tertiary/aromatic N) is 2. The van der Waals surface area contributed by atoms with Crippen molar-refractivity contribution in [3.63, 3.8) is 0 Å². The van der Waals surface area contributed by atoms with Crippen LogP contribution in [0.1, 0.15) is 21.6 Å². The molecule has 2 heterocycles. The van der Waals surface area contributed by atoms with Crippen molar-refractivity contribution in [2.45, 2.75) is 13.5 Å². The third-order valence-electron chi connectivity index (χ3n) is 4.98. The zero-order valence-corrected chi connectivity index (χ0v) is 16.5. The van der Waals surface area contributed by atoms with Gasteiger partial charge in [0.15, 0.2) is 0 Å². The van der Waals surface area contributed by atoms with Gasteiger partial charge in [0, 0.05) is 29.3 Å². The molecule has 1 amide bonds. The summed E-state index contributed by atoms with van der Waals surface area (Å²) in [7, 11) is 0. The van der Waals surface area contributed by atoms with Crippen LogP contribution in [0.2, 0.25) is 0 Å². The highest BCUT2D eigenvalue weighted by Gasteiger charge is 2.10. The summed E-state index contributed by atoms with van der Waals surface area (Å²) in [6.45, 7) is 2.31. The van der Waals surface area contributed by atoms with E-state index in [1.54, 1.807) is 35.2 Å². The number of amides is 1. The van der Waals surface area contributed by atoms with E-state index in [9.17, 15) is 9.59 Å². The molecule has 152 valence electrons. The zero-order chi connectivity index (χ0) is 21.1. The van der Waals surface area contributed by atoms with Crippen molar-refractivity contribution in [2.75, 3.05) is 13.2 Å². The van der Waals surface area contributed by atoms with Crippen molar-refractivity contribution in [3.8, 4) is 11.1 Å². The number of aromatic nitrogens is 2. The van der Waals surface area contributed by atoms with Crippen molar-refractivity contribution >= 4 is 16.7 Å². The number of aliphatic hydroxyl groups is 1. The Labute approximate surface area is 172 Å². The van der Waals surface area contributed by atoms with Gasteiger partial charge in [0.2, 0.25) is 0 Å². The highest BCUT2D eigenvalue weighted by atomic mass is 16.5. The van der Waals surface area contributed by atoms with Crippen LogP contribution in [0.3, 0.4) is 0 Å². The van der Waals surface area contributed by atoms with Crippen LogP contribution in [-0.4, -0.2) is 33.9 Å². The monoisotopic (exact) mass is 403 g/mol. The fourth-order valence-corrected chi connectivity index (χ4v) is 3.43. The Morgan fingerprint density at radius 1 is 1.20 bits per heavy atom. The molecule has 4 rings (SSSR count). The van der Waals surface area contributed by atoms with Gasteiger partial charge in [-0.3, -0.25) is 9.59 Å². The van der Waals surface area contributed by atoms with Crippen LogP contribution in [0, 0.1) is 6.92 Å². The summed E-state index contributed by atoms with van der Waals surface area (Å²) in [5, 5.41) is 16.8. The average Bonchev–Trinajstić information content (AvgIpc) is 3.20. The summed E-state index contributed by atoms with van der Waals surface area (Å²) in [5.41, 5.74) is 3.87. The van der Waals surface area contributed by atoms with Crippen LogP contribution in [0.4, 0.5) is 0 Å². The topological polar surface area (TPSA) is 97.4 Å². The number of rotatable bonds is 6. The Bertz CT molecular complexity index is 1270. The smallest absolute Gasteiger partial charge is 0.258 e. The van der Waals surface area contributed by atoms with E-state index in [0.717, 1.165) is 27.8 Å². The standard InChI is InChI=1S/C23H21N3O4/c1-15-21(14-30-25-15)17-5-6-20-18(12-17)7-9-26(23(20)29)13-16-3-2-4-19(11-16)22(28)24-8-10-27/h2-7,9,11-12,14,27H,8,10,13H2,1H3,(H,24,28). The van der Waals surface area contributed by atoms with E-state index in [1.165, 1.54) is 0 Å². The molecule has 7 heteroatoms. The molecule has 2 aromatic carbocycles. The molecular weight excluding hydrogens is 382 g/mol. The first-order valence-electron chi connectivity index (χ1n) is 9.59. The first-order valence-corrected chi connectivity index (χ1v) is 9.59. The normalized spacial score (nSPS) is 11.0. The number of aryl methyl sites for hydroxylation is 1. The van der Waals surface area contributed by atoms with Crippen molar-refractivity contribution in [1.29, 1.82) is 0 Å². The predicted molar refractivity (Wildman–Crippen MR) is 113 cm³/mol. The third kappa shape index (κ3) is 3.88. The predicted octanol–water partition coefficient (Wildman–Crippen LogP) is 2.74. The molecule has 2 aromatic heterocycles. The highest BCUT2D eigenvalue weighted by molar-refractivity contribution is 5.94. The second kappa shape index (κ2) is 8.34. The Morgan fingerprint density at radius 2 is 2.07 bits per heavy atom. The van der Waals surface area contributed by atoms with Crippen LogP contribution in [0.25, 0.3) is 21.9 Å². The number of fused-ring (bicyclic) bond motifs is 1. The van der Waals surface area contributed by atoms with Gasteiger partial charge in [-0.2, -0.15) is 0 Å². The molecule has 0 spiro atoms. The summed E-state index contributed by atoms with van der Waals surface area (Å²) in [6.07, 6.45) is 3.36. The number of carbonyl (C=O) groups is 1. The lowest BCUT2D eigenvalue weighted by molar-refractivity contribution is 0.0944. The summed E-state index contributed by atoms with van der Waals surface area (Å²) in [6, 6.07) is 14.7. The lowest BCUT2D eigenvalue weighted by Gasteiger charge is -2.10. The summed E-state index contributed by atoms with van der Waals surface area (Å²) >= 11 is 0. The molecule has 0 saturated heterocycles. The molecule has 0 atom stereocenters. The van der Waals surface area contributed by atoms with E-state index in [4.69, 9.17) is 9.63 Å². The number of benzene rings is 2. The zero-order valence-electron chi connectivity index (χ0n) is 16.5. The number of nitrogens with one attached hydrogen (secondary N) is 1. The van der Waals surface area contributed by atoms with E-state index >= 15 is 0 Å². The van der Waals surface area contributed by atoms with Crippen molar-refractivity contribution in [2.24, 2.45) is 0 Å². The Balaban J connectivity index is 1.63. The van der Waals surface area contributed by atoms with E-state index in [1.807, 2.05) is 37.3 Å². The number of hydrogen-bond acceptors (Lipinski definition) is 5. The van der Waals surface area contributed by atoms with Gasteiger partial charge in [0.1, 0.15) is 6.26 Å². The van der Waals surface area contributed by atoms with Crippen LogP contribution in [0.15, 0.2) is 70.3 Å². The number of hydrogen-bond donors (Lipinski definition) is 2. The van der Waals surface area contributed by atoms with Crippen LogP contribution < -0.4 is 10.9 Å². The second-order valence-electron chi connectivity index (χ2n) is 7.04. The fraction of sp³-hybridized carbons (Fsp3) is 0.174. The first-order chi connectivity index (χ1) is 14.6. The molecule has 2 N–H and O–H groups in total. The van der Waals surface area contributed by atoms with Gasteiger partial charge < -0.3 is 19.5 Å². The molecule has 7 nitrogen and oxygen atoms in total. The lowest BCUT2D eigenvalue weighted by atomic mass is 10.0. The molecule has 30 heavy (non-hydrogen) atoms. The minimum absolute atomic E-state index is 0.101. The maximum Gasteiger partial charge on any atom is 0.258 e. The maximum absolute atomic E-state index is 13.0. The number of carbonyl (C=O) groups excluding carboxylic acids is 1. The van der Waals surface area contributed by atoms with Crippen LogP contribution >= 0.6 is 0 Å². The quantitative estimate of drug-likeness (QED) is 0.516. The molecule has 0 aliphatic rings.